The van der Waals surface area contributed by atoms with Crippen molar-refractivity contribution in [2.75, 3.05) is 7.05 Å². The summed E-state index contributed by atoms with van der Waals surface area (Å²) in [5.74, 6) is 0.874. The summed E-state index contributed by atoms with van der Waals surface area (Å²) in [4.78, 5) is 10.6. The minimum atomic E-state index is -4.26. The molecule has 3 rings (SSSR count). The molecule has 0 unspecified atom stereocenters. The Hall–Kier alpha value is -2.19. The molecule has 0 saturated carbocycles. The molecular formula is C20H23F3N4S. The van der Waals surface area contributed by atoms with Crippen LogP contribution in [0.25, 0.3) is 10.6 Å². The number of aromatic nitrogens is 3. The van der Waals surface area contributed by atoms with E-state index < -0.39 is 12.7 Å². The number of hydrogen-bond donors (Lipinski definition) is 0. The molecule has 0 bridgehead atoms. The molecule has 150 valence electrons. The summed E-state index contributed by atoms with van der Waals surface area (Å²) < 4.78 is 39.1. The lowest BCUT2D eigenvalue weighted by molar-refractivity contribution is -0.141. The van der Waals surface area contributed by atoms with Crippen LogP contribution in [-0.2, 0) is 19.6 Å². The van der Waals surface area contributed by atoms with Crippen LogP contribution in [0.2, 0.25) is 0 Å². The Morgan fingerprint density at radius 3 is 2.50 bits per heavy atom. The number of imidazole rings is 1. The molecule has 8 heteroatoms. The van der Waals surface area contributed by atoms with E-state index in [0.717, 1.165) is 20.8 Å². The van der Waals surface area contributed by atoms with Crippen molar-refractivity contribution in [2.45, 2.75) is 45.6 Å². The number of thiazole rings is 1. The van der Waals surface area contributed by atoms with Gasteiger partial charge in [-0.1, -0.05) is 38.1 Å². The number of alkyl halides is 3. The highest BCUT2D eigenvalue weighted by Gasteiger charge is 2.28. The lowest BCUT2D eigenvalue weighted by Gasteiger charge is -2.17. The molecule has 0 fully saturated rings. The third-order valence-corrected chi connectivity index (χ3v) is 5.31. The average molecular weight is 408 g/mol. The molecule has 2 heterocycles. The number of halogens is 3. The van der Waals surface area contributed by atoms with Gasteiger partial charge < -0.3 is 4.57 Å². The van der Waals surface area contributed by atoms with Crippen molar-refractivity contribution in [1.82, 2.24) is 19.4 Å². The zero-order valence-electron chi connectivity index (χ0n) is 16.1. The summed E-state index contributed by atoms with van der Waals surface area (Å²) in [6.45, 7) is 4.15. The van der Waals surface area contributed by atoms with Crippen LogP contribution in [0.4, 0.5) is 13.2 Å². The molecule has 0 spiro atoms. The predicted octanol–water partition coefficient (Wildman–Crippen LogP) is 5.32. The molecule has 0 saturated heterocycles. The SMILES string of the molecule is CC(C)c1ccc(-c2nc(CN(C)Cc3nccn3CC(F)(F)F)cs2)cc1. The van der Waals surface area contributed by atoms with E-state index in [-0.39, 0.29) is 0 Å². The molecule has 4 nitrogen and oxygen atoms in total. The zero-order chi connectivity index (χ0) is 20.3. The van der Waals surface area contributed by atoms with Gasteiger partial charge in [0.15, 0.2) is 0 Å². The van der Waals surface area contributed by atoms with Crippen LogP contribution in [0.3, 0.4) is 0 Å². The fourth-order valence-electron chi connectivity index (χ4n) is 2.93. The van der Waals surface area contributed by atoms with Crippen LogP contribution in [0.1, 0.15) is 36.8 Å². The molecule has 3 aromatic rings. The standard InChI is InChI=1S/C20H23F3N4S/c1-14(2)15-4-6-16(7-5-15)19-25-17(12-28-19)10-26(3)11-18-24-8-9-27(18)13-20(21,22)23/h4-9,12,14H,10-11,13H2,1-3H3. The highest BCUT2D eigenvalue weighted by molar-refractivity contribution is 7.13. The fraction of sp³-hybridized carbons (Fsp3) is 0.400. The predicted molar refractivity (Wildman–Crippen MR) is 105 cm³/mol. The van der Waals surface area contributed by atoms with Gasteiger partial charge in [0.1, 0.15) is 17.4 Å². The molecule has 0 N–H and O–H groups in total. The molecule has 0 aliphatic carbocycles. The summed E-state index contributed by atoms with van der Waals surface area (Å²) in [7, 11) is 1.85. The van der Waals surface area contributed by atoms with Gasteiger partial charge in [-0.2, -0.15) is 13.2 Å². The van der Waals surface area contributed by atoms with Crippen LogP contribution in [-0.4, -0.2) is 32.7 Å². The molecule has 0 aliphatic rings. The molecule has 0 radical (unpaired) electrons. The average Bonchev–Trinajstić information content (AvgIpc) is 3.23. The summed E-state index contributed by atoms with van der Waals surface area (Å²) in [5.41, 5.74) is 3.25. The van der Waals surface area contributed by atoms with Crippen molar-refractivity contribution < 1.29 is 13.2 Å². The van der Waals surface area contributed by atoms with Gasteiger partial charge in [-0.15, -0.1) is 11.3 Å². The van der Waals surface area contributed by atoms with Crippen LogP contribution >= 0.6 is 11.3 Å². The maximum atomic E-state index is 12.6. The van der Waals surface area contributed by atoms with Crippen LogP contribution in [0, 0.1) is 0 Å². The number of nitrogens with zero attached hydrogens (tertiary/aromatic N) is 4. The second kappa shape index (κ2) is 8.45. The van der Waals surface area contributed by atoms with E-state index in [9.17, 15) is 13.2 Å². The minimum Gasteiger partial charge on any atom is -0.325 e. The van der Waals surface area contributed by atoms with Crippen molar-refractivity contribution in [3.8, 4) is 10.6 Å². The molecule has 0 amide bonds. The van der Waals surface area contributed by atoms with Crippen molar-refractivity contribution in [3.63, 3.8) is 0 Å². The minimum absolute atomic E-state index is 0.318. The van der Waals surface area contributed by atoms with E-state index in [2.05, 4.69) is 48.1 Å². The van der Waals surface area contributed by atoms with Crippen molar-refractivity contribution in [2.24, 2.45) is 0 Å². The van der Waals surface area contributed by atoms with Crippen molar-refractivity contribution in [3.05, 3.63) is 59.1 Å². The smallest absolute Gasteiger partial charge is 0.325 e. The van der Waals surface area contributed by atoms with Crippen molar-refractivity contribution in [1.29, 1.82) is 0 Å². The van der Waals surface area contributed by atoms with E-state index in [1.807, 2.05) is 17.3 Å². The van der Waals surface area contributed by atoms with Gasteiger partial charge in [0.05, 0.1) is 12.2 Å². The van der Waals surface area contributed by atoms with Gasteiger partial charge in [0, 0.05) is 29.9 Å². The van der Waals surface area contributed by atoms with Gasteiger partial charge in [0.2, 0.25) is 0 Å². The molecule has 1 aromatic carbocycles. The molecule has 0 aliphatic heterocycles. The topological polar surface area (TPSA) is 34.0 Å². The fourth-order valence-corrected chi connectivity index (χ4v) is 3.74. The second-order valence-corrected chi connectivity index (χ2v) is 8.04. The number of hydrogen-bond acceptors (Lipinski definition) is 4. The van der Waals surface area contributed by atoms with Gasteiger partial charge in [-0.05, 0) is 18.5 Å². The Morgan fingerprint density at radius 2 is 1.86 bits per heavy atom. The Labute approximate surface area is 166 Å². The monoisotopic (exact) mass is 408 g/mol. The summed E-state index contributed by atoms with van der Waals surface area (Å²) in [6, 6.07) is 8.40. The van der Waals surface area contributed by atoms with E-state index in [1.54, 1.807) is 11.3 Å². The highest BCUT2D eigenvalue weighted by Crippen LogP contribution is 2.26. The first-order valence-corrected chi connectivity index (χ1v) is 9.89. The normalized spacial score (nSPS) is 12.3. The summed E-state index contributed by atoms with van der Waals surface area (Å²) in [5, 5.41) is 2.93. The first-order chi connectivity index (χ1) is 13.2. The van der Waals surface area contributed by atoms with Crippen LogP contribution < -0.4 is 0 Å². The second-order valence-electron chi connectivity index (χ2n) is 7.18. The van der Waals surface area contributed by atoms with E-state index in [0.29, 0.717) is 24.8 Å². The maximum absolute atomic E-state index is 12.6. The van der Waals surface area contributed by atoms with Crippen LogP contribution in [0.5, 0.6) is 0 Å². The first kappa shape index (κ1) is 20.5. The highest BCUT2D eigenvalue weighted by atomic mass is 32.1. The van der Waals surface area contributed by atoms with Crippen molar-refractivity contribution >= 4 is 11.3 Å². The Kier molecular flexibility index (Phi) is 6.20. The lowest BCUT2D eigenvalue weighted by atomic mass is 10.0. The maximum Gasteiger partial charge on any atom is 0.406 e. The summed E-state index contributed by atoms with van der Waals surface area (Å²) in [6.07, 6.45) is -1.50. The van der Waals surface area contributed by atoms with Gasteiger partial charge in [-0.3, -0.25) is 4.90 Å². The third-order valence-electron chi connectivity index (χ3n) is 4.37. The quantitative estimate of drug-likeness (QED) is 0.530. The Morgan fingerprint density at radius 1 is 1.14 bits per heavy atom. The molecule has 28 heavy (non-hydrogen) atoms. The zero-order valence-corrected chi connectivity index (χ0v) is 16.9. The lowest BCUT2D eigenvalue weighted by Crippen LogP contribution is -2.24. The molecule has 2 aromatic heterocycles. The van der Waals surface area contributed by atoms with E-state index in [1.165, 1.54) is 18.0 Å². The number of benzene rings is 1. The summed E-state index contributed by atoms with van der Waals surface area (Å²) >= 11 is 1.57. The number of rotatable bonds is 7. The Bertz CT molecular complexity index is 897. The molecule has 0 atom stereocenters. The van der Waals surface area contributed by atoms with Gasteiger partial charge >= 0.3 is 6.18 Å². The van der Waals surface area contributed by atoms with E-state index in [4.69, 9.17) is 0 Å². The Balaban J connectivity index is 1.63. The largest absolute Gasteiger partial charge is 0.406 e. The molecular weight excluding hydrogens is 385 g/mol. The van der Waals surface area contributed by atoms with Gasteiger partial charge in [0.25, 0.3) is 0 Å². The first-order valence-electron chi connectivity index (χ1n) is 9.01. The van der Waals surface area contributed by atoms with E-state index >= 15 is 0 Å². The van der Waals surface area contributed by atoms with Crippen LogP contribution in [0.15, 0.2) is 42.0 Å². The van der Waals surface area contributed by atoms with Gasteiger partial charge in [-0.25, -0.2) is 9.97 Å². The third kappa shape index (κ3) is 5.42.